The van der Waals surface area contributed by atoms with E-state index in [9.17, 15) is 0 Å². The van der Waals surface area contributed by atoms with E-state index in [4.69, 9.17) is 4.42 Å². The van der Waals surface area contributed by atoms with Crippen LogP contribution in [0.1, 0.15) is 0 Å². The fourth-order valence-corrected chi connectivity index (χ4v) is 7.20. The van der Waals surface area contributed by atoms with Gasteiger partial charge in [-0.2, -0.15) is 0 Å². The quantitative estimate of drug-likeness (QED) is 0.210. The number of nitrogens with zero attached hydrogens (tertiary/aromatic N) is 3. The second kappa shape index (κ2) is 9.18. The van der Waals surface area contributed by atoms with Crippen LogP contribution in [-0.4, -0.2) is 14.1 Å². The van der Waals surface area contributed by atoms with E-state index in [2.05, 4.69) is 142 Å². The Bertz CT molecular complexity index is 2720. The Morgan fingerprint density at radius 1 is 0.400 bits per heavy atom. The number of rotatable bonds is 3. The van der Waals surface area contributed by atoms with Crippen molar-refractivity contribution in [1.29, 1.82) is 0 Å². The minimum atomic E-state index is 0.907. The van der Waals surface area contributed by atoms with Crippen molar-refractivity contribution >= 4 is 65.6 Å². The molecule has 0 aliphatic carbocycles. The predicted molar refractivity (Wildman–Crippen MR) is 186 cm³/mol. The van der Waals surface area contributed by atoms with Crippen LogP contribution in [0.3, 0.4) is 0 Å². The highest BCUT2D eigenvalue weighted by Crippen LogP contribution is 2.38. The molecule has 4 heterocycles. The topological polar surface area (TPSA) is 35.9 Å². The first-order chi connectivity index (χ1) is 22.3. The monoisotopic (exact) mass is 575 g/mol. The first kappa shape index (κ1) is 24.3. The van der Waals surface area contributed by atoms with Crippen LogP contribution < -0.4 is 0 Å². The van der Waals surface area contributed by atoms with E-state index in [1.165, 1.54) is 27.2 Å². The number of fused-ring (bicyclic) bond motifs is 9. The van der Waals surface area contributed by atoms with Gasteiger partial charge in [0.15, 0.2) is 0 Å². The van der Waals surface area contributed by atoms with Crippen LogP contribution in [0.4, 0.5) is 0 Å². The van der Waals surface area contributed by atoms with Crippen molar-refractivity contribution in [2.24, 2.45) is 0 Å². The number of pyridine rings is 1. The zero-order chi connectivity index (χ0) is 29.5. The third-order valence-electron chi connectivity index (χ3n) is 9.20. The molecule has 0 aliphatic heterocycles. The molecule has 0 radical (unpaired) electrons. The molecule has 45 heavy (non-hydrogen) atoms. The summed E-state index contributed by atoms with van der Waals surface area (Å²) in [5.41, 5.74) is 11.1. The Labute approximate surface area is 258 Å². The molecular weight excluding hydrogens is 550 g/mol. The van der Waals surface area contributed by atoms with E-state index in [0.29, 0.717) is 0 Å². The molecule has 0 fully saturated rings. The highest BCUT2D eigenvalue weighted by molar-refractivity contribution is 6.12. The molecule has 0 bridgehead atoms. The average molecular weight is 576 g/mol. The molecule has 10 rings (SSSR count). The molecule has 0 amide bonds. The Balaban J connectivity index is 1.17. The lowest BCUT2D eigenvalue weighted by molar-refractivity contribution is 0.669. The predicted octanol–water partition coefficient (Wildman–Crippen LogP) is 10.8. The summed E-state index contributed by atoms with van der Waals surface area (Å²) in [6.07, 6.45) is 3.87. The van der Waals surface area contributed by atoms with E-state index < -0.39 is 0 Å². The highest BCUT2D eigenvalue weighted by atomic mass is 16.3. The zero-order valence-electron chi connectivity index (χ0n) is 24.2. The number of benzene rings is 6. The maximum atomic E-state index is 6.09. The molecule has 0 unspecified atom stereocenters. The van der Waals surface area contributed by atoms with Crippen LogP contribution in [0, 0.1) is 0 Å². The van der Waals surface area contributed by atoms with E-state index in [-0.39, 0.29) is 0 Å². The zero-order valence-corrected chi connectivity index (χ0v) is 24.2. The molecule has 6 aromatic carbocycles. The van der Waals surface area contributed by atoms with Gasteiger partial charge in [-0.1, -0.05) is 72.8 Å². The van der Waals surface area contributed by atoms with Gasteiger partial charge >= 0.3 is 0 Å². The van der Waals surface area contributed by atoms with Crippen molar-refractivity contribution in [2.75, 3.05) is 0 Å². The average Bonchev–Trinajstić information content (AvgIpc) is 3.75. The van der Waals surface area contributed by atoms with Crippen LogP contribution in [0.25, 0.3) is 88.1 Å². The van der Waals surface area contributed by atoms with E-state index in [1.807, 2.05) is 24.5 Å². The maximum absolute atomic E-state index is 6.09. The number of furan rings is 1. The van der Waals surface area contributed by atoms with Gasteiger partial charge in [-0.05, 0) is 77.9 Å². The first-order valence-corrected chi connectivity index (χ1v) is 15.2. The van der Waals surface area contributed by atoms with Gasteiger partial charge < -0.3 is 13.6 Å². The molecule has 0 saturated carbocycles. The summed E-state index contributed by atoms with van der Waals surface area (Å²) in [6.45, 7) is 0. The minimum absolute atomic E-state index is 0.907. The highest BCUT2D eigenvalue weighted by Gasteiger charge is 2.17. The summed E-state index contributed by atoms with van der Waals surface area (Å²) in [7, 11) is 0. The maximum Gasteiger partial charge on any atom is 0.135 e. The summed E-state index contributed by atoms with van der Waals surface area (Å²) in [5.74, 6) is 0. The van der Waals surface area contributed by atoms with E-state index >= 15 is 0 Å². The Morgan fingerprint density at radius 2 is 1.04 bits per heavy atom. The normalized spacial score (nSPS) is 12.0. The fraction of sp³-hybridized carbons (Fsp3) is 0. The van der Waals surface area contributed by atoms with Gasteiger partial charge in [-0.15, -0.1) is 0 Å². The Kier molecular flexibility index (Phi) is 4.96. The van der Waals surface area contributed by atoms with Crippen LogP contribution in [0.15, 0.2) is 156 Å². The van der Waals surface area contributed by atoms with Crippen molar-refractivity contribution in [3.05, 3.63) is 152 Å². The molecule has 0 aliphatic rings. The van der Waals surface area contributed by atoms with Gasteiger partial charge in [0.05, 0.1) is 22.1 Å². The SMILES string of the molecule is c1cc(-c2ccc3oc4ccccc4c3c2)cc(-n2c3ccncc3c3cc(-n4c5ccccc5c5ccccc54)ccc32)c1. The molecule has 4 nitrogen and oxygen atoms in total. The van der Waals surface area contributed by atoms with Crippen molar-refractivity contribution in [1.82, 2.24) is 14.1 Å². The van der Waals surface area contributed by atoms with Gasteiger partial charge in [-0.25, -0.2) is 0 Å². The molecular formula is C41H25N3O. The van der Waals surface area contributed by atoms with Crippen LogP contribution in [0.2, 0.25) is 0 Å². The number of hydrogen-bond acceptors (Lipinski definition) is 2. The third kappa shape index (κ3) is 3.51. The van der Waals surface area contributed by atoms with Gasteiger partial charge in [-0.3, -0.25) is 4.98 Å². The van der Waals surface area contributed by atoms with Crippen LogP contribution in [0.5, 0.6) is 0 Å². The van der Waals surface area contributed by atoms with Crippen molar-refractivity contribution < 1.29 is 4.42 Å². The van der Waals surface area contributed by atoms with Gasteiger partial charge in [0.2, 0.25) is 0 Å². The molecule has 0 spiro atoms. The summed E-state index contributed by atoms with van der Waals surface area (Å²) in [6, 6.07) is 49.7. The van der Waals surface area contributed by atoms with Crippen molar-refractivity contribution in [3.63, 3.8) is 0 Å². The lowest BCUT2D eigenvalue weighted by Gasteiger charge is -2.12. The van der Waals surface area contributed by atoms with Gasteiger partial charge in [0.1, 0.15) is 11.2 Å². The summed E-state index contributed by atoms with van der Waals surface area (Å²) >= 11 is 0. The molecule has 0 N–H and O–H groups in total. The Hall–Kier alpha value is -6.13. The fourth-order valence-electron chi connectivity index (χ4n) is 7.20. The molecule has 10 aromatic rings. The molecule has 0 saturated heterocycles. The number of para-hydroxylation sites is 3. The minimum Gasteiger partial charge on any atom is -0.456 e. The van der Waals surface area contributed by atoms with Crippen molar-refractivity contribution in [2.45, 2.75) is 0 Å². The molecule has 210 valence electrons. The lowest BCUT2D eigenvalue weighted by Crippen LogP contribution is -1.96. The van der Waals surface area contributed by atoms with Crippen LogP contribution in [-0.2, 0) is 0 Å². The second-order valence-electron chi connectivity index (χ2n) is 11.7. The summed E-state index contributed by atoms with van der Waals surface area (Å²) in [5, 5.41) is 7.10. The summed E-state index contributed by atoms with van der Waals surface area (Å²) < 4.78 is 10.8. The molecule has 0 atom stereocenters. The molecule has 4 aromatic heterocycles. The van der Waals surface area contributed by atoms with Gasteiger partial charge in [0, 0.05) is 56.1 Å². The number of aromatic nitrogens is 3. The lowest BCUT2D eigenvalue weighted by atomic mass is 10.0. The smallest absolute Gasteiger partial charge is 0.135 e. The summed E-state index contributed by atoms with van der Waals surface area (Å²) in [4.78, 5) is 4.55. The molecule has 4 heteroatoms. The van der Waals surface area contributed by atoms with Crippen molar-refractivity contribution in [3.8, 4) is 22.5 Å². The number of hydrogen-bond donors (Lipinski definition) is 0. The Morgan fingerprint density at radius 3 is 1.87 bits per heavy atom. The van der Waals surface area contributed by atoms with Crippen LogP contribution >= 0.6 is 0 Å². The van der Waals surface area contributed by atoms with E-state index in [1.54, 1.807) is 0 Å². The third-order valence-corrected chi connectivity index (χ3v) is 9.20. The van der Waals surface area contributed by atoms with E-state index in [0.717, 1.165) is 60.9 Å². The largest absolute Gasteiger partial charge is 0.456 e. The first-order valence-electron chi connectivity index (χ1n) is 15.2. The standard InChI is InChI=1S/C41H25N3O/c1-4-13-36-30(10-1)31-11-2-5-14-37(31)44(36)29-17-18-38-33(24-29)35-25-42-21-20-39(35)43(38)28-9-7-8-26(22-28)27-16-19-41-34(23-27)32-12-3-6-15-40(32)45-41/h1-25H. The second-order valence-corrected chi connectivity index (χ2v) is 11.7. The van der Waals surface area contributed by atoms with Gasteiger partial charge in [0.25, 0.3) is 0 Å².